The highest BCUT2D eigenvalue weighted by atomic mass is 16.2. The Hall–Kier alpha value is -2.83. The predicted molar refractivity (Wildman–Crippen MR) is 75.8 cm³/mol. The van der Waals surface area contributed by atoms with Crippen LogP contribution in [0.15, 0.2) is 35.3 Å². The molecule has 1 aromatic carbocycles. The third kappa shape index (κ3) is 2.33. The maximum atomic E-state index is 12.5. The summed E-state index contributed by atoms with van der Waals surface area (Å²) in [7, 11) is 0. The zero-order valence-electron chi connectivity index (χ0n) is 11.3. The third-order valence-electron chi connectivity index (χ3n) is 3.55. The monoisotopic (exact) mass is 286 g/mol. The lowest BCUT2D eigenvalue weighted by atomic mass is 10.1. The number of aromatic nitrogens is 2. The first-order valence-corrected chi connectivity index (χ1v) is 6.53. The second-order valence-electron chi connectivity index (χ2n) is 4.91. The first-order chi connectivity index (χ1) is 10.1. The maximum Gasteiger partial charge on any atom is 0.323 e. The van der Waals surface area contributed by atoms with Gasteiger partial charge in [-0.05, 0) is 18.6 Å². The van der Waals surface area contributed by atoms with Crippen molar-refractivity contribution in [2.24, 2.45) is 0 Å². The van der Waals surface area contributed by atoms with Crippen molar-refractivity contribution in [2.75, 3.05) is 5.32 Å². The summed E-state index contributed by atoms with van der Waals surface area (Å²) in [4.78, 5) is 42.0. The van der Waals surface area contributed by atoms with Crippen molar-refractivity contribution >= 4 is 17.5 Å². The van der Waals surface area contributed by atoms with E-state index in [-0.39, 0.29) is 11.6 Å². The van der Waals surface area contributed by atoms with E-state index in [9.17, 15) is 14.4 Å². The lowest BCUT2D eigenvalue weighted by Gasteiger charge is -2.25. The minimum absolute atomic E-state index is 0.138. The quantitative estimate of drug-likeness (QED) is 0.719. The van der Waals surface area contributed by atoms with Crippen LogP contribution in [0.25, 0.3) is 0 Å². The third-order valence-corrected chi connectivity index (χ3v) is 3.55. The maximum absolute atomic E-state index is 12.5. The molecule has 1 aliphatic heterocycles. The molecule has 21 heavy (non-hydrogen) atoms. The van der Waals surface area contributed by atoms with Crippen molar-refractivity contribution in [1.29, 1.82) is 0 Å². The number of anilines is 1. The molecule has 3 rings (SSSR count). The van der Waals surface area contributed by atoms with Gasteiger partial charge in [0.2, 0.25) is 5.91 Å². The van der Waals surface area contributed by atoms with Crippen molar-refractivity contribution in [1.82, 2.24) is 14.9 Å². The Kier molecular flexibility index (Phi) is 3.09. The lowest BCUT2D eigenvalue weighted by molar-refractivity contribution is -0.120. The number of carbonyl (C=O) groups is 2. The molecule has 1 unspecified atom stereocenters. The van der Waals surface area contributed by atoms with Crippen LogP contribution in [0, 0.1) is 0 Å². The molecule has 0 spiro atoms. The molecule has 2 aromatic rings. The van der Waals surface area contributed by atoms with Gasteiger partial charge in [0.15, 0.2) is 0 Å². The van der Waals surface area contributed by atoms with Crippen LogP contribution >= 0.6 is 0 Å². The van der Waals surface area contributed by atoms with Crippen LogP contribution in [0.5, 0.6) is 0 Å². The Bertz CT molecular complexity index is 761. The summed E-state index contributed by atoms with van der Waals surface area (Å²) < 4.78 is 0. The molecule has 108 valence electrons. The summed E-state index contributed by atoms with van der Waals surface area (Å²) in [6.45, 7) is 1.95. The van der Waals surface area contributed by atoms with Gasteiger partial charge in [0, 0.05) is 18.4 Å². The molecule has 2 amide bonds. The number of aromatic amines is 2. The minimum atomic E-state index is -0.636. The standard InChI is InChI=1S/C14H14N4O3/c1-8-12(19)16-10-5-3-2-4-9(10)7-18(8)13(20)11-6-15-14(21)17-11/h2-6,8H,7H2,1H3,(H,16,19)(H2,15,17,21). The van der Waals surface area contributed by atoms with Gasteiger partial charge in [-0.2, -0.15) is 0 Å². The zero-order chi connectivity index (χ0) is 15.0. The minimum Gasteiger partial charge on any atom is -0.324 e. The molecule has 1 atom stereocenters. The van der Waals surface area contributed by atoms with Crippen molar-refractivity contribution in [3.8, 4) is 0 Å². The molecule has 0 saturated carbocycles. The Labute approximate surface area is 120 Å². The molecular formula is C14H14N4O3. The molecule has 2 heterocycles. The van der Waals surface area contributed by atoms with Gasteiger partial charge in [0.1, 0.15) is 11.7 Å². The van der Waals surface area contributed by atoms with E-state index in [0.717, 1.165) is 5.56 Å². The summed E-state index contributed by atoms with van der Waals surface area (Å²) in [5, 5.41) is 2.80. The molecule has 0 aliphatic carbocycles. The van der Waals surface area contributed by atoms with Crippen LogP contribution < -0.4 is 11.0 Å². The molecule has 7 nitrogen and oxygen atoms in total. The van der Waals surface area contributed by atoms with E-state index in [1.165, 1.54) is 11.1 Å². The van der Waals surface area contributed by atoms with Gasteiger partial charge in [0.05, 0.1) is 0 Å². The number of rotatable bonds is 1. The van der Waals surface area contributed by atoms with Gasteiger partial charge in [-0.1, -0.05) is 18.2 Å². The molecule has 3 N–H and O–H groups in total. The smallest absolute Gasteiger partial charge is 0.323 e. The summed E-state index contributed by atoms with van der Waals surface area (Å²) in [5.74, 6) is -0.654. The summed E-state index contributed by atoms with van der Waals surface area (Å²) >= 11 is 0. The Morgan fingerprint density at radius 3 is 2.76 bits per heavy atom. The Morgan fingerprint density at radius 2 is 2.05 bits per heavy atom. The summed E-state index contributed by atoms with van der Waals surface area (Å²) in [5.41, 5.74) is 1.23. The molecule has 0 fully saturated rings. The highest BCUT2D eigenvalue weighted by Crippen LogP contribution is 2.23. The van der Waals surface area contributed by atoms with E-state index >= 15 is 0 Å². The number of nitrogens with one attached hydrogen (secondary N) is 3. The molecule has 0 bridgehead atoms. The van der Waals surface area contributed by atoms with Crippen LogP contribution in [-0.2, 0) is 11.3 Å². The fraction of sp³-hybridized carbons (Fsp3) is 0.214. The highest BCUT2D eigenvalue weighted by Gasteiger charge is 2.31. The van der Waals surface area contributed by atoms with Gasteiger partial charge in [-0.3, -0.25) is 9.59 Å². The van der Waals surface area contributed by atoms with Crippen molar-refractivity contribution in [2.45, 2.75) is 19.5 Å². The molecular weight excluding hydrogens is 272 g/mol. The summed E-state index contributed by atoms with van der Waals surface area (Å²) in [6.07, 6.45) is 1.31. The molecule has 7 heteroatoms. The number of hydrogen-bond acceptors (Lipinski definition) is 3. The first kappa shape index (κ1) is 13.2. The average Bonchev–Trinajstić information content (AvgIpc) is 2.86. The van der Waals surface area contributed by atoms with Crippen molar-refractivity contribution in [3.63, 3.8) is 0 Å². The second kappa shape index (κ2) is 4.93. The van der Waals surface area contributed by atoms with Gasteiger partial charge >= 0.3 is 5.69 Å². The van der Waals surface area contributed by atoms with E-state index in [1.807, 2.05) is 18.2 Å². The van der Waals surface area contributed by atoms with E-state index < -0.39 is 17.6 Å². The van der Waals surface area contributed by atoms with Gasteiger partial charge in [-0.15, -0.1) is 0 Å². The van der Waals surface area contributed by atoms with E-state index in [0.29, 0.717) is 12.2 Å². The average molecular weight is 286 g/mol. The highest BCUT2D eigenvalue weighted by molar-refractivity contribution is 6.01. The molecule has 0 radical (unpaired) electrons. The Balaban J connectivity index is 1.99. The van der Waals surface area contributed by atoms with E-state index in [2.05, 4.69) is 15.3 Å². The van der Waals surface area contributed by atoms with Crippen molar-refractivity contribution < 1.29 is 9.59 Å². The zero-order valence-corrected chi connectivity index (χ0v) is 11.3. The van der Waals surface area contributed by atoms with Crippen LogP contribution in [0.1, 0.15) is 23.0 Å². The molecule has 0 saturated heterocycles. The fourth-order valence-corrected chi connectivity index (χ4v) is 2.33. The largest absolute Gasteiger partial charge is 0.324 e. The van der Waals surface area contributed by atoms with Crippen molar-refractivity contribution in [3.05, 3.63) is 52.2 Å². The number of hydrogen-bond donors (Lipinski definition) is 3. The van der Waals surface area contributed by atoms with Crippen LogP contribution in [0.2, 0.25) is 0 Å². The van der Waals surface area contributed by atoms with Gasteiger partial charge in [-0.25, -0.2) is 4.79 Å². The number of carbonyl (C=O) groups excluding carboxylic acids is 2. The van der Waals surface area contributed by atoms with Crippen LogP contribution in [-0.4, -0.2) is 32.7 Å². The topological polar surface area (TPSA) is 98.1 Å². The SMILES string of the molecule is CC1C(=O)Nc2ccccc2CN1C(=O)c1c[nH]c(=O)[nH]1. The number of imidazole rings is 1. The molecule has 1 aliphatic rings. The van der Waals surface area contributed by atoms with Crippen LogP contribution in [0.3, 0.4) is 0 Å². The summed E-state index contributed by atoms with van der Waals surface area (Å²) in [6, 6.07) is 6.69. The number of amides is 2. The van der Waals surface area contributed by atoms with E-state index in [1.54, 1.807) is 13.0 Å². The molecule has 1 aromatic heterocycles. The number of benzene rings is 1. The fourth-order valence-electron chi connectivity index (χ4n) is 2.33. The van der Waals surface area contributed by atoms with Gasteiger partial charge in [0.25, 0.3) is 5.91 Å². The van der Waals surface area contributed by atoms with E-state index in [4.69, 9.17) is 0 Å². The van der Waals surface area contributed by atoms with Crippen LogP contribution in [0.4, 0.5) is 5.69 Å². The number of para-hydroxylation sites is 1. The predicted octanol–water partition coefficient (Wildman–Crippen LogP) is 0.686. The first-order valence-electron chi connectivity index (χ1n) is 6.53. The van der Waals surface area contributed by atoms with Gasteiger partial charge < -0.3 is 20.2 Å². The number of nitrogens with zero attached hydrogens (tertiary/aromatic N) is 1. The number of fused-ring (bicyclic) bond motifs is 1. The Morgan fingerprint density at radius 1 is 1.29 bits per heavy atom. The number of H-pyrrole nitrogens is 2. The normalized spacial score (nSPS) is 17.9. The lowest BCUT2D eigenvalue weighted by Crippen LogP contribution is -2.43. The second-order valence-corrected chi connectivity index (χ2v) is 4.91.